The second kappa shape index (κ2) is 6.17. The van der Waals surface area contributed by atoms with Crippen LogP contribution in [0.5, 0.6) is 0 Å². The lowest BCUT2D eigenvalue weighted by atomic mass is 10.2. The highest BCUT2D eigenvalue weighted by atomic mass is 16.1. The van der Waals surface area contributed by atoms with Crippen LogP contribution in [0.3, 0.4) is 0 Å². The van der Waals surface area contributed by atoms with Crippen LogP contribution in [-0.2, 0) is 13.1 Å². The molecule has 0 saturated carbocycles. The van der Waals surface area contributed by atoms with Crippen molar-refractivity contribution < 1.29 is 4.79 Å². The van der Waals surface area contributed by atoms with E-state index in [1.54, 1.807) is 29.6 Å². The van der Waals surface area contributed by atoms with Crippen LogP contribution in [0, 0.1) is 5.92 Å². The molecular weight excluding hydrogens is 242 g/mol. The number of hydrogen-bond donors (Lipinski definition) is 1. The largest absolute Gasteiger partial charge is 0.352 e. The summed E-state index contributed by atoms with van der Waals surface area (Å²) in [5.74, 6) is 0.275. The van der Waals surface area contributed by atoms with Crippen molar-refractivity contribution in [3.05, 3.63) is 36.7 Å². The summed E-state index contributed by atoms with van der Waals surface area (Å²) in [7, 11) is 0. The Labute approximate surface area is 112 Å². The molecule has 0 radical (unpaired) electrons. The Bertz CT molecular complexity index is 517. The number of hydrogen-bond acceptors (Lipinski definition) is 3. The number of aromatic nitrogens is 4. The van der Waals surface area contributed by atoms with Gasteiger partial charge in [0.25, 0.3) is 5.91 Å². The molecule has 6 heteroatoms. The molecule has 19 heavy (non-hydrogen) atoms. The van der Waals surface area contributed by atoms with Gasteiger partial charge in [-0.25, -0.2) is 4.98 Å². The molecule has 0 aromatic carbocycles. The maximum atomic E-state index is 11.9. The third kappa shape index (κ3) is 3.67. The molecule has 2 aromatic heterocycles. The fraction of sp³-hybridized carbons (Fsp3) is 0.462. The van der Waals surface area contributed by atoms with Crippen molar-refractivity contribution in [1.29, 1.82) is 0 Å². The molecule has 0 fully saturated rings. The first-order valence-corrected chi connectivity index (χ1v) is 6.45. The summed E-state index contributed by atoms with van der Waals surface area (Å²) in [4.78, 5) is 15.9. The van der Waals surface area contributed by atoms with E-state index in [0.717, 1.165) is 13.1 Å². The fourth-order valence-electron chi connectivity index (χ4n) is 1.84. The van der Waals surface area contributed by atoms with Crippen molar-refractivity contribution in [2.24, 2.45) is 5.92 Å². The zero-order valence-corrected chi connectivity index (χ0v) is 11.3. The minimum absolute atomic E-state index is 0.0721. The average molecular weight is 261 g/mol. The van der Waals surface area contributed by atoms with Crippen LogP contribution in [0.1, 0.15) is 24.2 Å². The highest BCUT2D eigenvalue weighted by Gasteiger charge is 2.10. The Morgan fingerprint density at radius 1 is 1.53 bits per heavy atom. The van der Waals surface area contributed by atoms with Crippen LogP contribution in [0.25, 0.3) is 0 Å². The molecule has 102 valence electrons. The first-order valence-electron chi connectivity index (χ1n) is 6.45. The standard InChI is InChI=1S/C13H19N5O/c1-3-18-9-12(7-16-18)13(19)15-6-11(2)8-17-5-4-14-10-17/h4-5,7,9-11H,3,6,8H2,1-2H3,(H,15,19). The van der Waals surface area contributed by atoms with E-state index in [2.05, 4.69) is 22.3 Å². The van der Waals surface area contributed by atoms with Gasteiger partial charge in [0.2, 0.25) is 0 Å². The van der Waals surface area contributed by atoms with Crippen LogP contribution in [0.2, 0.25) is 0 Å². The van der Waals surface area contributed by atoms with Crippen molar-refractivity contribution in [1.82, 2.24) is 24.6 Å². The molecule has 0 aliphatic heterocycles. The average Bonchev–Trinajstić information content (AvgIpc) is 3.06. The maximum Gasteiger partial charge on any atom is 0.254 e. The summed E-state index contributed by atoms with van der Waals surface area (Å²) in [6.07, 6.45) is 8.81. The number of imidazole rings is 1. The molecule has 6 nitrogen and oxygen atoms in total. The van der Waals surface area contributed by atoms with Gasteiger partial charge in [0, 0.05) is 38.2 Å². The maximum absolute atomic E-state index is 11.9. The fourth-order valence-corrected chi connectivity index (χ4v) is 1.84. The molecule has 0 saturated heterocycles. The van der Waals surface area contributed by atoms with E-state index in [1.807, 2.05) is 17.7 Å². The molecule has 2 rings (SSSR count). The third-order valence-corrected chi connectivity index (χ3v) is 2.91. The van der Waals surface area contributed by atoms with Gasteiger partial charge >= 0.3 is 0 Å². The van der Waals surface area contributed by atoms with Crippen LogP contribution in [0.4, 0.5) is 0 Å². The van der Waals surface area contributed by atoms with E-state index in [0.29, 0.717) is 18.0 Å². The summed E-state index contributed by atoms with van der Waals surface area (Å²) >= 11 is 0. The van der Waals surface area contributed by atoms with Gasteiger partial charge in [0.05, 0.1) is 18.1 Å². The van der Waals surface area contributed by atoms with Gasteiger partial charge in [-0.3, -0.25) is 9.48 Å². The first-order chi connectivity index (χ1) is 9.19. The van der Waals surface area contributed by atoms with E-state index in [-0.39, 0.29) is 5.91 Å². The van der Waals surface area contributed by atoms with E-state index in [4.69, 9.17) is 0 Å². The number of nitrogens with one attached hydrogen (secondary N) is 1. The monoisotopic (exact) mass is 261 g/mol. The Morgan fingerprint density at radius 2 is 2.37 bits per heavy atom. The number of rotatable bonds is 6. The minimum atomic E-state index is -0.0721. The summed E-state index contributed by atoms with van der Waals surface area (Å²) < 4.78 is 3.75. The number of carbonyl (C=O) groups is 1. The Kier molecular flexibility index (Phi) is 4.33. The van der Waals surface area contributed by atoms with Gasteiger partial charge in [0.1, 0.15) is 0 Å². The molecular formula is C13H19N5O. The molecule has 2 aromatic rings. The van der Waals surface area contributed by atoms with Crippen molar-refractivity contribution in [2.45, 2.75) is 26.9 Å². The summed E-state index contributed by atoms with van der Waals surface area (Å²) in [5.41, 5.74) is 0.608. The molecule has 0 aliphatic rings. The zero-order chi connectivity index (χ0) is 13.7. The second-order valence-corrected chi connectivity index (χ2v) is 4.66. The van der Waals surface area contributed by atoms with Crippen molar-refractivity contribution in [3.63, 3.8) is 0 Å². The quantitative estimate of drug-likeness (QED) is 0.848. The molecule has 1 atom stereocenters. The van der Waals surface area contributed by atoms with Crippen LogP contribution >= 0.6 is 0 Å². The minimum Gasteiger partial charge on any atom is -0.352 e. The smallest absolute Gasteiger partial charge is 0.254 e. The number of aryl methyl sites for hydroxylation is 1. The third-order valence-electron chi connectivity index (χ3n) is 2.91. The van der Waals surface area contributed by atoms with Crippen LogP contribution in [-0.4, -0.2) is 31.8 Å². The van der Waals surface area contributed by atoms with Crippen molar-refractivity contribution >= 4 is 5.91 Å². The predicted octanol–water partition coefficient (Wildman–Crippen LogP) is 1.17. The Morgan fingerprint density at radius 3 is 3.00 bits per heavy atom. The SMILES string of the molecule is CCn1cc(C(=O)NCC(C)Cn2ccnc2)cn1. The molecule has 0 bridgehead atoms. The highest BCUT2D eigenvalue weighted by Crippen LogP contribution is 2.01. The molecule has 0 aliphatic carbocycles. The molecule has 1 N–H and O–H groups in total. The highest BCUT2D eigenvalue weighted by molar-refractivity contribution is 5.93. The lowest BCUT2D eigenvalue weighted by Crippen LogP contribution is -2.29. The zero-order valence-electron chi connectivity index (χ0n) is 11.3. The molecule has 0 spiro atoms. The molecule has 1 unspecified atom stereocenters. The van der Waals surface area contributed by atoms with E-state index in [9.17, 15) is 4.79 Å². The van der Waals surface area contributed by atoms with Gasteiger partial charge < -0.3 is 9.88 Å². The topological polar surface area (TPSA) is 64.7 Å². The second-order valence-electron chi connectivity index (χ2n) is 4.66. The summed E-state index contributed by atoms with van der Waals surface area (Å²) in [5, 5.41) is 7.01. The Balaban J connectivity index is 1.79. The normalized spacial score (nSPS) is 12.3. The van der Waals surface area contributed by atoms with Crippen LogP contribution in [0.15, 0.2) is 31.1 Å². The van der Waals surface area contributed by atoms with Gasteiger partial charge in [-0.2, -0.15) is 5.10 Å². The molecule has 2 heterocycles. The number of nitrogens with zero attached hydrogens (tertiary/aromatic N) is 4. The van der Waals surface area contributed by atoms with Crippen molar-refractivity contribution in [3.8, 4) is 0 Å². The van der Waals surface area contributed by atoms with E-state index < -0.39 is 0 Å². The van der Waals surface area contributed by atoms with Gasteiger partial charge in [-0.1, -0.05) is 6.92 Å². The lowest BCUT2D eigenvalue weighted by Gasteiger charge is -2.12. The number of carbonyl (C=O) groups excluding carboxylic acids is 1. The van der Waals surface area contributed by atoms with Crippen LogP contribution < -0.4 is 5.32 Å². The lowest BCUT2D eigenvalue weighted by molar-refractivity contribution is 0.0947. The van der Waals surface area contributed by atoms with E-state index >= 15 is 0 Å². The summed E-state index contributed by atoms with van der Waals surface area (Å²) in [6.45, 7) is 6.32. The molecule has 1 amide bonds. The predicted molar refractivity (Wildman–Crippen MR) is 71.6 cm³/mol. The first kappa shape index (κ1) is 13.3. The van der Waals surface area contributed by atoms with Gasteiger partial charge in [-0.15, -0.1) is 0 Å². The van der Waals surface area contributed by atoms with E-state index in [1.165, 1.54) is 0 Å². The van der Waals surface area contributed by atoms with Crippen molar-refractivity contribution in [2.75, 3.05) is 6.54 Å². The van der Waals surface area contributed by atoms with Gasteiger partial charge in [-0.05, 0) is 12.8 Å². The number of amides is 1. The van der Waals surface area contributed by atoms with Gasteiger partial charge in [0.15, 0.2) is 0 Å². The summed E-state index contributed by atoms with van der Waals surface area (Å²) in [6, 6.07) is 0. The Hall–Kier alpha value is -2.11.